The number of allylic oxidation sites excluding steroid dienone is 2. The van der Waals surface area contributed by atoms with Gasteiger partial charge in [0.1, 0.15) is 5.75 Å². The van der Waals surface area contributed by atoms with Gasteiger partial charge in [0.05, 0.1) is 23.9 Å². The molecule has 1 aliphatic heterocycles. The number of para-hydroxylation sites is 1. The summed E-state index contributed by atoms with van der Waals surface area (Å²) < 4.78 is 5.82. The molecule has 128 valence electrons. The van der Waals surface area contributed by atoms with E-state index < -0.39 is 5.97 Å². The fraction of sp³-hybridized carbons (Fsp3) is 0.286. The average Bonchev–Trinajstić information content (AvgIpc) is 3.12. The van der Waals surface area contributed by atoms with Gasteiger partial charge < -0.3 is 15.2 Å². The van der Waals surface area contributed by atoms with Crippen molar-refractivity contribution in [3.63, 3.8) is 0 Å². The quantitative estimate of drug-likeness (QED) is 0.801. The summed E-state index contributed by atoms with van der Waals surface area (Å²) >= 11 is 0. The first kappa shape index (κ1) is 15.8. The molecule has 0 amide bonds. The number of carbonyl (C=O) groups is 1. The standard InChI is InChI=1S/C21H21NO3/c1-2-25-18-11-5-10-17-15-8-4-9-16(15)19(22-20(17)18)13-6-3-7-14(12-13)21(23)24/h3-8,10-12,15-16,19,22H,2,9H2,1H3,(H,23,24)/t15-,16+,19+/m1/s1. The van der Waals surface area contributed by atoms with E-state index in [1.54, 1.807) is 12.1 Å². The number of hydrogen-bond donors (Lipinski definition) is 2. The summed E-state index contributed by atoms with van der Waals surface area (Å²) in [6.07, 6.45) is 5.49. The second-order valence-electron chi connectivity index (χ2n) is 6.56. The maximum Gasteiger partial charge on any atom is 0.335 e. The van der Waals surface area contributed by atoms with Gasteiger partial charge in [-0.15, -0.1) is 0 Å². The largest absolute Gasteiger partial charge is 0.492 e. The molecule has 0 spiro atoms. The van der Waals surface area contributed by atoms with E-state index in [-0.39, 0.29) is 6.04 Å². The molecular formula is C21H21NO3. The fourth-order valence-electron chi connectivity index (χ4n) is 4.06. The number of fused-ring (bicyclic) bond motifs is 3. The summed E-state index contributed by atoms with van der Waals surface area (Å²) in [5, 5.41) is 13.0. The monoisotopic (exact) mass is 335 g/mol. The second kappa shape index (κ2) is 6.28. The van der Waals surface area contributed by atoms with Crippen molar-refractivity contribution < 1.29 is 14.6 Å². The summed E-state index contributed by atoms with van der Waals surface area (Å²) in [6.45, 7) is 2.59. The lowest BCUT2D eigenvalue weighted by atomic mass is 9.76. The zero-order valence-corrected chi connectivity index (χ0v) is 14.1. The Morgan fingerprint density at radius 3 is 2.92 bits per heavy atom. The fourth-order valence-corrected chi connectivity index (χ4v) is 4.06. The van der Waals surface area contributed by atoms with Crippen LogP contribution in [-0.4, -0.2) is 17.7 Å². The minimum Gasteiger partial charge on any atom is -0.492 e. The van der Waals surface area contributed by atoms with Gasteiger partial charge in [-0.2, -0.15) is 0 Å². The van der Waals surface area contributed by atoms with Crippen molar-refractivity contribution in [2.24, 2.45) is 5.92 Å². The van der Waals surface area contributed by atoms with Crippen LogP contribution in [0.25, 0.3) is 0 Å². The highest BCUT2D eigenvalue weighted by Gasteiger charge is 2.39. The van der Waals surface area contributed by atoms with Crippen LogP contribution in [0.4, 0.5) is 5.69 Å². The molecule has 2 aliphatic rings. The molecule has 0 aromatic heterocycles. The Balaban J connectivity index is 1.79. The van der Waals surface area contributed by atoms with Crippen molar-refractivity contribution in [1.29, 1.82) is 0 Å². The van der Waals surface area contributed by atoms with Crippen LogP contribution in [0, 0.1) is 5.92 Å². The first-order valence-electron chi connectivity index (χ1n) is 8.71. The Kier molecular flexibility index (Phi) is 3.96. The van der Waals surface area contributed by atoms with Crippen LogP contribution in [-0.2, 0) is 0 Å². The van der Waals surface area contributed by atoms with Gasteiger partial charge in [0, 0.05) is 5.92 Å². The number of rotatable bonds is 4. The van der Waals surface area contributed by atoms with Crippen LogP contribution in [0.15, 0.2) is 54.6 Å². The molecule has 0 fully saturated rings. The van der Waals surface area contributed by atoms with Gasteiger partial charge in [0.2, 0.25) is 0 Å². The highest BCUT2D eigenvalue weighted by atomic mass is 16.5. The lowest BCUT2D eigenvalue weighted by molar-refractivity contribution is 0.0696. The van der Waals surface area contributed by atoms with Gasteiger partial charge in [-0.1, -0.05) is 36.4 Å². The number of anilines is 1. The summed E-state index contributed by atoms with van der Waals surface area (Å²) in [6, 6.07) is 13.5. The lowest BCUT2D eigenvalue weighted by Crippen LogP contribution is -2.29. The predicted octanol–water partition coefficient (Wildman–Crippen LogP) is 4.61. The van der Waals surface area contributed by atoms with Crippen LogP contribution in [0.2, 0.25) is 0 Å². The number of ether oxygens (including phenoxy) is 1. The maximum atomic E-state index is 11.3. The van der Waals surface area contributed by atoms with Crippen LogP contribution in [0.5, 0.6) is 5.75 Å². The first-order valence-corrected chi connectivity index (χ1v) is 8.71. The molecule has 1 aliphatic carbocycles. The van der Waals surface area contributed by atoms with Crippen molar-refractivity contribution in [3.05, 3.63) is 71.3 Å². The van der Waals surface area contributed by atoms with E-state index in [1.807, 2.05) is 31.2 Å². The van der Waals surface area contributed by atoms with E-state index in [9.17, 15) is 9.90 Å². The number of aromatic carboxylic acids is 1. The van der Waals surface area contributed by atoms with Gasteiger partial charge in [-0.25, -0.2) is 4.79 Å². The second-order valence-corrected chi connectivity index (χ2v) is 6.56. The Hall–Kier alpha value is -2.75. The predicted molar refractivity (Wildman–Crippen MR) is 97.4 cm³/mol. The molecule has 25 heavy (non-hydrogen) atoms. The molecule has 0 unspecified atom stereocenters. The van der Waals surface area contributed by atoms with Crippen LogP contribution >= 0.6 is 0 Å². The van der Waals surface area contributed by atoms with E-state index in [0.717, 1.165) is 23.4 Å². The number of nitrogens with one attached hydrogen (secondary N) is 1. The minimum atomic E-state index is -0.894. The van der Waals surface area contributed by atoms with E-state index in [1.165, 1.54) is 5.56 Å². The van der Waals surface area contributed by atoms with E-state index >= 15 is 0 Å². The molecule has 0 bridgehead atoms. The van der Waals surface area contributed by atoms with Crippen molar-refractivity contribution in [2.75, 3.05) is 11.9 Å². The summed E-state index contributed by atoms with van der Waals surface area (Å²) in [4.78, 5) is 11.3. The molecule has 1 heterocycles. The Labute approximate surface area is 147 Å². The maximum absolute atomic E-state index is 11.3. The third-order valence-corrected chi connectivity index (χ3v) is 5.15. The zero-order chi connectivity index (χ0) is 17.4. The molecule has 0 saturated heterocycles. The van der Waals surface area contributed by atoms with Crippen molar-refractivity contribution in [2.45, 2.75) is 25.3 Å². The van der Waals surface area contributed by atoms with E-state index in [2.05, 4.69) is 23.5 Å². The molecule has 0 radical (unpaired) electrons. The molecular weight excluding hydrogens is 314 g/mol. The van der Waals surface area contributed by atoms with Gasteiger partial charge in [0.25, 0.3) is 0 Å². The molecule has 2 aromatic rings. The topological polar surface area (TPSA) is 58.6 Å². The molecule has 2 aromatic carbocycles. The first-order chi connectivity index (χ1) is 12.2. The van der Waals surface area contributed by atoms with Crippen molar-refractivity contribution in [1.82, 2.24) is 0 Å². The number of hydrogen-bond acceptors (Lipinski definition) is 3. The van der Waals surface area contributed by atoms with Crippen molar-refractivity contribution >= 4 is 11.7 Å². The smallest absolute Gasteiger partial charge is 0.335 e. The Morgan fingerprint density at radius 1 is 1.28 bits per heavy atom. The number of carboxylic acid groups (broad SMARTS) is 1. The Morgan fingerprint density at radius 2 is 2.12 bits per heavy atom. The molecule has 0 saturated carbocycles. The molecule has 4 heteroatoms. The third-order valence-electron chi connectivity index (χ3n) is 5.15. The SMILES string of the molecule is CCOc1cccc2c1N[C@@H](c1cccc(C(=O)O)c1)[C@H]1CC=C[C@@H]21. The Bertz CT molecular complexity index is 843. The summed E-state index contributed by atoms with van der Waals surface area (Å²) in [5.74, 6) is 0.677. The zero-order valence-electron chi connectivity index (χ0n) is 14.1. The highest BCUT2D eigenvalue weighted by Crippen LogP contribution is 2.52. The third kappa shape index (κ3) is 2.68. The highest BCUT2D eigenvalue weighted by molar-refractivity contribution is 5.87. The van der Waals surface area contributed by atoms with Crippen LogP contribution in [0.3, 0.4) is 0 Å². The normalized spacial score (nSPS) is 23.5. The molecule has 3 atom stereocenters. The number of benzene rings is 2. The number of carboxylic acids is 1. The molecule has 2 N–H and O–H groups in total. The molecule has 4 nitrogen and oxygen atoms in total. The van der Waals surface area contributed by atoms with Crippen LogP contribution in [0.1, 0.15) is 46.8 Å². The van der Waals surface area contributed by atoms with Gasteiger partial charge in [-0.3, -0.25) is 0 Å². The van der Waals surface area contributed by atoms with Gasteiger partial charge in [0.15, 0.2) is 0 Å². The van der Waals surface area contributed by atoms with E-state index in [4.69, 9.17) is 4.74 Å². The van der Waals surface area contributed by atoms with Gasteiger partial charge in [-0.05, 0) is 48.6 Å². The molecule has 4 rings (SSSR count). The average molecular weight is 335 g/mol. The van der Waals surface area contributed by atoms with Gasteiger partial charge >= 0.3 is 5.97 Å². The summed E-state index contributed by atoms with van der Waals surface area (Å²) in [7, 11) is 0. The van der Waals surface area contributed by atoms with Crippen LogP contribution < -0.4 is 10.1 Å². The minimum absolute atomic E-state index is 0.0633. The van der Waals surface area contributed by atoms with Crippen molar-refractivity contribution in [3.8, 4) is 5.75 Å². The summed E-state index contributed by atoms with van der Waals surface area (Å²) in [5.41, 5.74) is 3.62. The van der Waals surface area contributed by atoms with E-state index in [0.29, 0.717) is 24.0 Å². The lowest BCUT2D eigenvalue weighted by Gasteiger charge is -2.38.